The van der Waals surface area contributed by atoms with Crippen molar-refractivity contribution in [1.29, 1.82) is 0 Å². The summed E-state index contributed by atoms with van der Waals surface area (Å²) in [6.45, 7) is 1.56. The van der Waals surface area contributed by atoms with Crippen LogP contribution in [0.15, 0.2) is 18.2 Å². The van der Waals surface area contributed by atoms with Crippen molar-refractivity contribution in [2.24, 2.45) is 0 Å². The molecule has 0 spiro atoms. The molecule has 2 amide bonds. The van der Waals surface area contributed by atoms with E-state index in [1.165, 1.54) is 6.07 Å². The van der Waals surface area contributed by atoms with Crippen LogP contribution in [0.2, 0.25) is 0 Å². The summed E-state index contributed by atoms with van der Waals surface area (Å²) in [5.41, 5.74) is 0.356. The second kappa shape index (κ2) is 6.92. The molecule has 1 aliphatic heterocycles. The first kappa shape index (κ1) is 15.1. The number of phenols is 1. The van der Waals surface area contributed by atoms with Crippen LogP contribution in [-0.4, -0.2) is 41.5 Å². The number of rotatable bonds is 3. The minimum absolute atomic E-state index is 0.00554. The van der Waals surface area contributed by atoms with Crippen molar-refractivity contribution in [3.63, 3.8) is 0 Å². The molecule has 1 fully saturated rings. The number of carbonyl (C=O) groups excluding carboxylic acids is 2. The highest BCUT2D eigenvalue weighted by molar-refractivity contribution is 14.1. The fourth-order valence-corrected chi connectivity index (χ4v) is 2.50. The quantitative estimate of drug-likeness (QED) is 0.776. The molecule has 1 heterocycles. The van der Waals surface area contributed by atoms with Gasteiger partial charge in [-0.2, -0.15) is 0 Å². The number of benzene rings is 1. The summed E-state index contributed by atoms with van der Waals surface area (Å²) in [5, 5.41) is 12.2. The third-order valence-electron chi connectivity index (χ3n) is 3.32. The van der Waals surface area contributed by atoms with Crippen molar-refractivity contribution in [2.45, 2.75) is 19.3 Å². The molecule has 1 aromatic carbocycles. The minimum atomic E-state index is -0.345. The van der Waals surface area contributed by atoms with Gasteiger partial charge in [0.25, 0.3) is 5.91 Å². The number of aromatic hydroxyl groups is 1. The van der Waals surface area contributed by atoms with Gasteiger partial charge in [-0.3, -0.25) is 9.59 Å². The van der Waals surface area contributed by atoms with Gasteiger partial charge in [0.2, 0.25) is 5.91 Å². The van der Waals surface area contributed by atoms with Crippen molar-refractivity contribution < 1.29 is 14.7 Å². The zero-order valence-corrected chi connectivity index (χ0v) is 13.2. The number of hydrogen-bond donors (Lipinski definition) is 2. The van der Waals surface area contributed by atoms with Crippen molar-refractivity contribution >= 4 is 34.4 Å². The number of carbonyl (C=O) groups is 2. The lowest BCUT2D eigenvalue weighted by Crippen LogP contribution is -2.42. The molecule has 20 heavy (non-hydrogen) atoms. The highest BCUT2D eigenvalue weighted by atomic mass is 127. The Morgan fingerprint density at radius 2 is 1.95 bits per heavy atom. The van der Waals surface area contributed by atoms with E-state index >= 15 is 0 Å². The van der Waals surface area contributed by atoms with E-state index in [0.29, 0.717) is 9.13 Å². The van der Waals surface area contributed by atoms with Crippen LogP contribution in [0.4, 0.5) is 0 Å². The van der Waals surface area contributed by atoms with Crippen LogP contribution < -0.4 is 5.32 Å². The molecule has 0 atom stereocenters. The molecule has 1 saturated heterocycles. The number of halogens is 1. The van der Waals surface area contributed by atoms with Crippen molar-refractivity contribution in [3.05, 3.63) is 27.3 Å². The number of nitrogens with one attached hydrogen (secondary N) is 1. The first-order valence-corrected chi connectivity index (χ1v) is 7.70. The van der Waals surface area contributed by atoms with E-state index in [1.807, 2.05) is 22.6 Å². The standard InChI is InChI=1S/C14H17IN2O3/c15-11-5-4-10(8-12(11)18)14(20)16-9-13(19)17-6-2-1-3-7-17/h4-5,8,18H,1-3,6-7,9H2,(H,16,20). The topological polar surface area (TPSA) is 69.6 Å². The molecular formula is C14H17IN2O3. The van der Waals surface area contributed by atoms with Crippen molar-refractivity contribution in [3.8, 4) is 5.75 Å². The second-order valence-electron chi connectivity index (χ2n) is 4.79. The van der Waals surface area contributed by atoms with Crippen LogP contribution in [0, 0.1) is 3.57 Å². The van der Waals surface area contributed by atoms with Crippen LogP contribution in [0.1, 0.15) is 29.6 Å². The Kier molecular flexibility index (Phi) is 5.22. The molecule has 1 aromatic rings. The van der Waals surface area contributed by atoms with E-state index < -0.39 is 0 Å². The molecule has 0 bridgehead atoms. The summed E-state index contributed by atoms with van der Waals surface area (Å²) in [5.74, 6) is -0.324. The van der Waals surface area contributed by atoms with E-state index in [9.17, 15) is 14.7 Å². The van der Waals surface area contributed by atoms with Gasteiger partial charge in [0.15, 0.2) is 0 Å². The maximum Gasteiger partial charge on any atom is 0.251 e. The molecule has 1 aliphatic rings. The monoisotopic (exact) mass is 388 g/mol. The van der Waals surface area contributed by atoms with E-state index in [0.717, 1.165) is 32.4 Å². The first-order valence-electron chi connectivity index (χ1n) is 6.62. The minimum Gasteiger partial charge on any atom is -0.507 e. The summed E-state index contributed by atoms with van der Waals surface area (Å²) in [6.07, 6.45) is 3.23. The van der Waals surface area contributed by atoms with Gasteiger partial charge < -0.3 is 15.3 Å². The molecule has 0 saturated carbocycles. The van der Waals surface area contributed by atoms with Crippen LogP contribution in [-0.2, 0) is 4.79 Å². The second-order valence-corrected chi connectivity index (χ2v) is 5.95. The molecule has 2 N–H and O–H groups in total. The van der Waals surface area contributed by atoms with Gasteiger partial charge in [-0.05, 0) is 60.1 Å². The smallest absolute Gasteiger partial charge is 0.251 e. The first-order chi connectivity index (χ1) is 9.58. The lowest BCUT2D eigenvalue weighted by Gasteiger charge is -2.26. The molecule has 6 heteroatoms. The number of amides is 2. The van der Waals surface area contributed by atoms with E-state index in [-0.39, 0.29) is 24.1 Å². The van der Waals surface area contributed by atoms with Crippen molar-refractivity contribution in [1.82, 2.24) is 10.2 Å². The number of piperidine rings is 1. The summed E-state index contributed by atoms with van der Waals surface area (Å²) in [4.78, 5) is 25.6. The third-order valence-corrected chi connectivity index (χ3v) is 4.23. The Bertz CT molecular complexity index is 513. The molecular weight excluding hydrogens is 371 g/mol. The summed E-state index contributed by atoms with van der Waals surface area (Å²) in [6, 6.07) is 4.70. The maximum atomic E-state index is 11.9. The van der Waals surface area contributed by atoms with Crippen LogP contribution in [0.25, 0.3) is 0 Å². The number of nitrogens with zero attached hydrogens (tertiary/aromatic N) is 1. The lowest BCUT2D eigenvalue weighted by molar-refractivity contribution is -0.130. The Labute approximate surface area is 131 Å². The summed E-state index contributed by atoms with van der Waals surface area (Å²) < 4.78 is 0.684. The van der Waals surface area contributed by atoms with E-state index in [4.69, 9.17) is 0 Å². The van der Waals surface area contributed by atoms with Crippen LogP contribution >= 0.6 is 22.6 Å². The Hall–Kier alpha value is -1.31. The summed E-state index contributed by atoms with van der Waals surface area (Å²) in [7, 11) is 0. The Balaban J connectivity index is 1.88. The van der Waals surface area contributed by atoms with Crippen LogP contribution in [0.3, 0.4) is 0 Å². The molecule has 108 valence electrons. The number of likely N-dealkylation sites (tertiary alicyclic amines) is 1. The van der Waals surface area contributed by atoms with Gasteiger partial charge in [0, 0.05) is 18.7 Å². The number of phenolic OH excluding ortho intramolecular Hbond substituents is 1. The zero-order valence-electron chi connectivity index (χ0n) is 11.1. The normalized spacial score (nSPS) is 14.9. The molecule has 2 rings (SSSR count). The predicted molar refractivity (Wildman–Crippen MR) is 83.6 cm³/mol. The highest BCUT2D eigenvalue weighted by Crippen LogP contribution is 2.20. The van der Waals surface area contributed by atoms with Gasteiger partial charge in [-0.1, -0.05) is 0 Å². The zero-order chi connectivity index (χ0) is 14.5. The van der Waals surface area contributed by atoms with Gasteiger partial charge in [0.05, 0.1) is 10.1 Å². The molecule has 0 aliphatic carbocycles. The average molecular weight is 388 g/mol. The Morgan fingerprint density at radius 3 is 2.60 bits per heavy atom. The predicted octanol–water partition coefficient (Wildman–Crippen LogP) is 1.74. The maximum absolute atomic E-state index is 11.9. The van der Waals surface area contributed by atoms with E-state index in [2.05, 4.69) is 5.32 Å². The molecule has 0 unspecified atom stereocenters. The third kappa shape index (κ3) is 3.84. The SMILES string of the molecule is O=C(NCC(=O)N1CCCCC1)c1ccc(I)c(O)c1. The fourth-order valence-electron chi connectivity index (χ4n) is 2.17. The lowest BCUT2D eigenvalue weighted by atomic mass is 10.1. The van der Waals surface area contributed by atoms with Gasteiger partial charge in [-0.15, -0.1) is 0 Å². The van der Waals surface area contributed by atoms with Gasteiger partial charge in [0.1, 0.15) is 5.75 Å². The van der Waals surface area contributed by atoms with E-state index in [1.54, 1.807) is 17.0 Å². The largest absolute Gasteiger partial charge is 0.507 e. The van der Waals surface area contributed by atoms with Gasteiger partial charge >= 0.3 is 0 Å². The summed E-state index contributed by atoms with van der Waals surface area (Å²) >= 11 is 1.98. The fraction of sp³-hybridized carbons (Fsp3) is 0.429. The molecule has 5 nitrogen and oxygen atoms in total. The molecule has 0 aromatic heterocycles. The highest BCUT2D eigenvalue weighted by Gasteiger charge is 2.17. The van der Waals surface area contributed by atoms with Crippen LogP contribution in [0.5, 0.6) is 5.75 Å². The van der Waals surface area contributed by atoms with Crippen molar-refractivity contribution in [2.75, 3.05) is 19.6 Å². The average Bonchev–Trinajstić information content (AvgIpc) is 2.48. The molecule has 0 radical (unpaired) electrons. The number of hydrogen-bond acceptors (Lipinski definition) is 3. The Morgan fingerprint density at radius 1 is 1.25 bits per heavy atom. The van der Waals surface area contributed by atoms with Gasteiger partial charge in [-0.25, -0.2) is 0 Å².